The predicted octanol–water partition coefficient (Wildman–Crippen LogP) is 4.01. The Balaban J connectivity index is 2.80. The molecule has 0 aromatic heterocycles. The monoisotopic (exact) mass is 200 g/mol. The van der Waals surface area contributed by atoms with Crippen LogP contribution in [-0.2, 0) is 6.42 Å². The summed E-state index contributed by atoms with van der Waals surface area (Å²) in [6.45, 7) is 8.53. The zero-order valence-corrected chi connectivity index (χ0v) is 10.2. The van der Waals surface area contributed by atoms with Crippen molar-refractivity contribution < 1.29 is 0 Å². The molecule has 0 fully saturated rings. The second kappa shape index (κ2) is 5.61. The average Bonchev–Trinajstić information content (AvgIpc) is 2.28. The van der Waals surface area contributed by atoms with Crippen LogP contribution in [0.5, 0.6) is 0 Å². The van der Waals surface area contributed by atoms with Crippen LogP contribution in [-0.4, -0.2) is 0 Å². The third-order valence-corrected chi connectivity index (χ3v) is 3.04. The van der Waals surface area contributed by atoms with Gasteiger partial charge in [-0.25, -0.2) is 0 Å². The first-order valence-corrected chi connectivity index (χ1v) is 5.70. The second-order valence-corrected chi connectivity index (χ2v) is 4.07. The summed E-state index contributed by atoms with van der Waals surface area (Å²) >= 11 is 0. The van der Waals surface area contributed by atoms with Gasteiger partial charge in [0.15, 0.2) is 0 Å². The van der Waals surface area contributed by atoms with E-state index in [2.05, 4.69) is 56.9 Å². The molecule has 1 aromatic carbocycles. The standard InChI is InChI=1S/C15H20/c1-5-7-12(3)13(4)15-10-8-14(6-2)9-11-15/h8-13H,6H2,1-4H3. The highest BCUT2D eigenvalue weighted by Gasteiger charge is 2.11. The maximum atomic E-state index is 3.22. The molecule has 0 aliphatic rings. The van der Waals surface area contributed by atoms with Crippen LogP contribution >= 0.6 is 0 Å². The topological polar surface area (TPSA) is 0 Å². The first-order valence-electron chi connectivity index (χ1n) is 5.70. The SMILES string of the molecule is CC#CC(C)C(C)c1ccc(CC)cc1. The number of aryl methyl sites for hydroxylation is 1. The number of hydrogen-bond donors (Lipinski definition) is 0. The maximum Gasteiger partial charge on any atom is 0.0240 e. The first kappa shape index (κ1) is 11.9. The van der Waals surface area contributed by atoms with Crippen molar-refractivity contribution in [2.45, 2.75) is 40.0 Å². The Bertz CT molecular complexity index is 348. The van der Waals surface area contributed by atoms with Gasteiger partial charge in [-0.15, -0.1) is 5.92 Å². The minimum absolute atomic E-state index is 0.433. The molecule has 80 valence electrons. The van der Waals surface area contributed by atoms with Gasteiger partial charge >= 0.3 is 0 Å². The second-order valence-electron chi connectivity index (χ2n) is 4.07. The van der Waals surface area contributed by atoms with Crippen molar-refractivity contribution in [1.29, 1.82) is 0 Å². The van der Waals surface area contributed by atoms with Gasteiger partial charge in [-0.3, -0.25) is 0 Å². The minimum Gasteiger partial charge on any atom is -0.106 e. The van der Waals surface area contributed by atoms with Gasteiger partial charge in [0.25, 0.3) is 0 Å². The van der Waals surface area contributed by atoms with E-state index in [-0.39, 0.29) is 0 Å². The van der Waals surface area contributed by atoms with E-state index in [0.29, 0.717) is 11.8 Å². The summed E-state index contributed by atoms with van der Waals surface area (Å²) in [6, 6.07) is 8.91. The van der Waals surface area contributed by atoms with E-state index in [1.807, 2.05) is 6.92 Å². The van der Waals surface area contributed by atoms with E-state index in [4.69, 9.17) is 0 Å². The van der Waals surface area contributed by atoms with Crippen molar-refractivity contribution in [2.24, 2.45) is 5.92 Å². The average molecular weight is 200 g/mol. The molecular weight excluding hydrogens is 180 g/mol. The van der Waals surface area contributed by atoms with Gasteiger partial charge in [0, 0.05) is 5.92 Å². The largest absolute Gasteiger partial charge is 0.106 e. The Morgan fingerprint density at radius 1 is 1.13 bits per heavy atom. The number of rotatable bonds is 3. The molecule has 1 rings (SSSR count). The molecule has 0 N–H and O–H groups in total. The molecule has 2 unspecified atom stereocenters. The van der Waals surface area contributed by atoms with E-state index in [1.54, 1.807) is 0 Å². The summed E-state index contributed by atoms with van der Waals surface area (Å²) in [5.41, 5.74) is 2.79. The van der Waals surface area contributed by atoms with E-state index in [0.717, 1.165) is 6.42 Å². The zero-order valence-electron chi connectivity index (χ0n) is 10.2. The van der Waals surface area contributed by atoms with Gasteiger partial charge < -0.3 is 0 Å². The molecule has 0 heteroatoms. The fraction of sp³-hybridized carbons (Fsp3) is 0.467. The molecule has 0 saturated carbocycles. The molecule has 0 spiro atoms. The number of benzene rings is 1. The molecule has 1 aromatic rings. The van der Waals surface area contributed by atoms with E-state index in [1.165, 1.54) is 11.1 Å². The summed E-state index contributed by atoms with van der Waals surface area (Å²) in [6.07, 6.45) is 1.11. The quantitative estimate of drug-likeness (QED) is 0.647. The summed E-state index contributed by atoms with van der Waals surface area (Å²) in [5.74, 6) is 7.16. The Morgan fingerprint density at radius 3 is 2.20 bits per heavy atom. The van der Waals surface area contributed by atoms with Crippen molar-refractivity contribution in [3.05, 3.63) is 35.4 Å². The Labute approximate surface area is 93.7 Å². The Morgan fingerprint density at radius 2 is 1.73 bits per heavy atom. The van der Waals surface area contributed by atoms with E-state index in [9.17, 15) is 0 Å². The highest BCUT2D eigenvalue weighted by atomic mass is 14.1. The van der Waals surface area contributed by atoms with Gasteiger partial charge in [0.2, 0.25) is 0 Å². The summed E-state index contributed by atoms with van der Waals surface area (Å²) < 4.78 is 0. The zero-order chi connectivity index (χ0) is 11.3. The molecule has 0 aliphatic heterocycles. The molecule has 2 atom stereocenters. The molecular formula is C15H20. The van der Waals surface area contributed by atoms with Gasteiger partial charge in [0.1, 0.15) is 0 Å². The van der Waals surface area contributed by atoms with Crippen molar-refractivity contribution >= 4 is 0 Å². The predicted molar refractivity (Wildman–Crippen MR) is 66.8 cm³/mol. The van der Waals surface area contributed by atoms with Gasteiger partial charge in [-0.05, 0) is 30.4 Å². The van der Waals surface area contributed by atoms with Gasteiger partial charge in [-0.1, -0.05) is 51.0 Å². The van der Waals surface area contributed by atoms with Crippen molar-refractivity contribution in [2.75, 3.05) is 0 Å². The van der Waals surface area contributed by atoms with Crippen LogP contribution in [0.4, 0.5) is 0 Å². The van der Waals surface area contributed by atoms with Crippen molar-refractivity contribution in [3.8, 4) is 11.8 Å². The fourth-order valence-corrected chi connectivity index (χ4v) is 1.70. The highest BCUT2D eigenvalue weighted by Crippen LogP contribution is 2.23. The lowest BCUT2D eigenvalue weighted by Gasteiger charge is -2.15. The Kier molecular flexibility index (Phi) is 4.43. The summed E-state index contributed by atoms with van der Waals surface area (Å²) in [5, 5.41) is 0. The smallest absolute Gasteiger partial charge is 0.0240 e. The highest BCUT2D eigenvalue weighted by molar-refractivity contribution is 5.26. The molecule has 0 amide bonds. The molecule has 0 aliphatic carbocycles. The fourth-order valence-electron chi connectivity index (χ4n) is 1.70. The van der Waals surface area contributed by atoms with Crippen LogP contribution in [0, 0.1) is 17.8 Å². The third kappa shape index (κ3) is 3.13. The van der Waals surface area contributed by atoms with Crippen LogP contribution in [0.25, 0.3) is 0 Å². The number of hydrogen-bond acceptors (Lipinski definition) is 0. The minimum atomic E-state index is 0.433. The van der Waals surface area contributed by atoms with Crippen LogP contribution < -0.4 is 0 Å². The van der Waals surface area contributed by atoms with Gasteiger partial charge in [0.05, 0.1) is 0 Å². The third-order valence-electron chi connectivity index (χ3n) is 3.04. The van der Waals surface area contributed by atoms with E-state index < -0.39 is 0 Å². The van der Waals surface area contributed by atoms with Crippen LogP contribution in [0.3, 0.4) is 0 Å². The lowest BCUT2D eigenvalue weighted by atomic mass is 9.89. The van der Waals surface area contributed by atoms with Gasteiger partial charge in [-0.2, -0.15) is 0 Å². The van der Waals surface area contributed by atoms with Crippen LogP contribution in [0.15, 0.2) is 24.3 Å². The van der Waals surface area contributed by atoms with Crippen molar-refractivity contribution in [3.63, 3.8) is 0 Å². The van der Waals surface area contributed by atoms with Crippen molar-refractivity contribution in [1.82, 2.24) is 0 Å². The van der Waals surface area contributed by atoms with Crippen LogP contribution in [0.2, 0.25) is 0 Å². The molecule has 0 radical (unpaired) electrons. The molecule has 0 saturated heterocycles. The summed E-state index contributed by atoms with van der Waals surface area (Å²) in [4.78, 5) is 0. The summed E-state index contributed by atoms with van der Waals surface area (Å²) in [7, 11) is 0. The first-order chi connectivity index (χ1) is 7.19. The lowest BCUT2D eigenvalue weighted by Crippen LogP contribution is -2.03. The molecule has 0 bridgehead atoms. The maximum absolute atomic E-state index is 3.22. The van der Waals surface area contributed by atoms with E-state index >= 15 is 0 Å². The molecule has 15 heavy (non-hydrogen) atoms. The molecule has 0 heterocycles. The Hall–Kier alpha value is -1.22. The lowest BCUT2D eigenvalue weighted by molar-refractivity contribution is 0.610. The normalized spacial score (nSPS) is 13.9. The molecule has 0 nitrogen and oxygen atoms in total. The van der Waals surface area contributed by atoms with Crippen LogP contribution in [0.1, 0.15) is 44.7 Å².